The van der Waals surface area contributed by atoms with Crippen molar-refractivity contribution in [3.05, 3.63) is 23.9 Å². The predicted octanol–water partition coefficient (Wildman–Crippen LogP) is 1.27. The largest absolute Gasteiger partial charge is 0.356 e. The van der Waals surface area contributed by atoms with Crippen molar-refractivity contribution >= 4 is 5.82 Å². The molecule has 0 aliphatic carbocycles. The van der Waals surface area contributed by atoms with Gasteiger partial charge in [-0.1, -0.05) is 0 Å². The van der Waals surface area contributed by atoms with Crippen molar-refractivity contribution in [3.63, 3.8) is 0 Å². The molecule has 0 bridgehead atoms. The highest BCUT2D eigenvalue weighted by atomic mass is 15.2. The van der Waals surface area contributed by atoms with Gasteiger partial charge in [-0.3, -0.25) is 0 Å². The molecule has 2 heterocycles. The van der Waals surface area contributed by atoms with Crippen LogP contribution < -0.4 is 10.6 Å². The summed E-state index contributed by atoms with van der Waals surface area (Å²) >= 11 is 0. The summed E-state index contributed by atoms with van der Waals surface area (Å²) < 4.78 is 0. The number of rotatable bonds is 1. The molecule has 0 saturated carbocycles. The van der Waals surface area contributed by atoms with Crippen molar-refractivity contribution in [1.29, 1.82) is 5.26 Å². The Morgan fingerprint density at radius 2 is 2.19 bits per heavy atom. The van der Waals surface area contributed by atoms with Crippen LogP contribution in [0.25, 0.3) is 0 Å². The quantitative estimate of drug-likeness (QED) is 0.767. The van der Waals surface area contributed by atoms with E-state index in [1.54, 1.807) is 12.3 Å². The molecule has 2 N–H and O–H groups in total. The van der Waals surface area contributed by atoms with Crippen molar-refractivity contribution in [1.82, 2.24) is 4.98 Å². The fourth-order valence-electron chi connectivity index (χ4n) is 1.91. The van der Waals surface area contributed by atoms with E-state index >= 15 is 0 Å². The molecule has 1 aliphatic heterocycles. The van der Waals surface area contributed by atoms with Crippen molar-refractivity contribution in [2.24, 2.45) is 5.73 Å². The smallest absolute Gasteiger partial charge is 0.129 e. The van der Waals surface area contributed by atoms with Crippen LogP contribution in [0.3, 0.4) is 0 Å². The van der Waals surface area contributed by atoms with Crippen molar-refractivity contribution in [2.45, 2.75) is 25.3 Å². The number of anilines is 1. The Morgan fingerprint density at radius 1 is 1.50 bits per heavy atom. The standard InChI is InChI=1S/C12H16N4/c1-12(14)3-6-16(7-4-12)11-8-10(9-13)2-5-15-11/h2,5,8H,3-4,6-7,14H2,1H3. The van der Waals surface area contributed by atoms with Gasteiger partial charge >= 0.3 is 0 Å². The molecule has 0 unspecified atom stereocenters. The second-order valence-electron chi connectivity index (χ2n) is 4.66. The molecule has 0 amide bonds. The fraction of sp³-hybridized carbons (Fsp3) is 0.500. The molecule has 0 atom stereocenters. The summed E-state index contributed by atoms with van der Waals surface area (Å²) in [6.07, 6.45) is 3.61. The van der Waals surface area contributed by atoms with Crippen LogP contribution in [0.1, 0.15) is 25.3 Å². The SMILES string of the molecule is CC1(N)CCN(c2cc(C#N)ccn2)CC1. The highest BCUT2D eigenvalue weighted by molar-refractivity contribution is 5.45. The second-order valence-corrected chi connectivity index (χ2v) is 4.66. The Kier molecular flexibility index (Phi) is 2.80. The van der Waals surface area contributed by atoms with E-state index in [2.05, 4.69) is 22.9 Å². The van der Waals surface area contributed by atoms with Gasteiger partial charge in [0.2, 0.25) is 0 Å². The molecule has 16 heavy (non-hydrogen) atoms. The van der Waals surface area contributed by atoms with Gasteiger partial charge in [0.15, 0.2) is 0 Å². The Balaban J connectivity index is 2.11. The van der Waals surface area contributed by atoms with Gasteiger partial charge in [-0.25, -0.2) is 4.98 Å². The van der Waals surface area contributed by atoms with Crippen LogP contribution in [0.2, 0.25) is 0 Å². The van der Waals surface area contributed by atoms with Gasteiger partial charge in [0, 0.05) is 24.8 Å². The van der Waals surface area contributed by atoms with Gasteiger partial charge in [0.25, 0.3) is 0 Å². The van der Waals surface area contributed by atoms with E-state index in [1.807, 2.05) is 6.07 Å². The predicted molar refractivity (Wildman–Crippen MR) is 63.0 cm³/mol. The van der Waals surface area contributed by atoms with Crippen LogP contribution in [0.5, 0.6) is 0 Å². The first-order valence-electron chi connectivity index (χ1n) is 5.51. The third kappa shape index (κ3) is 2.31. The van der Waals surface area contributed by atoms with E-state index in [4.69, 9.17) is 11.0 Å². The first kappa shape index (κ1) is 10.9. The molecule has 84 valence electrons. The second kappa shape index (κ2) is 4.11. The number of aromatic nitrogens is 1. The zero-order valence-electron chi connectivity index (χ0n) is 9.48. The summed E-state index contributed by atoms with van der Waals surface area (Å²) in [5, 5.41) is 8.83. The molecule has 1 aliphatic rings. The number of piperidine rings is 1. The Morgan fingerprint density at radius 3 is 2.81 bits per heavy atom. The summed E-state index contributed by atoms with van der Waals surface area (Å²) in [5.74, 6) is 0.884. The molecule has 4 heteroatoms. The molecule has 1 saturated heterocycles. The number of hydrogen-bond acceptors (Lipinski definition) is 4. The molecular weight excluding hydrogens is 200 g/mol. The molecule has 1 aromatic heterocycles. The third-order valence-corrected chi connectivity index (χ3v) is 3.10. The van der Waals surface area contributed by atoms with Crippen molar-refractivity contribution < 1.29 is 0 Å². The van der Waals surface area contributed by atoms with E-state index in [0.29, 0.717) is 5.56 Å². The number of nitriles is 1. The van der Waals surface area contributed by atoms with Crippen molar-refractivity contribution in [2.75, 3.05) is 18.0 Å². The molecule has 2 rings (SSSR count). The number of nitrogens with zero attached hydrogens (tertiary/aromatic N) is 3. The van der Waals surface area contributed by atoms with Gasteiger partial charge in [-0.15, -0.1) is 0 Å². The summed E-state index contributed by atoms with van der Waals surface area (Å²) in [6, 6.07) is 5.69. The van der Waals surface area contributed by atoms with E-state index in [-0.39, 0.29) is 5.54 Å². The minimum absolute atomic E-state index is 0.0522. The Hall–Kier alpha value is -1.60. The van der Waals surface area contributed by atoms with Gasteiger partial charge in [0.05, 0.1) is 11.6 Å². The highest BCUT2D eigenvalue weighted by Crippen LogP contribution is 2.23. The van der Waals surface area contributed by atoms with Gasteiger partial charge in [-0.05, 0) is 31.9 Å². The first-order chi connectivity index (χ1) is 7.61. The monoisotopic (exact) mass is 216 g/mol. The molecule has 0 aromatic carbocycles. The summed E-state index contributed by atoms with van der Waals surface area (Å²) in [7, 11) is 0. The molecular formula is C12H16N4. The zero-order chi connectivity index (χ0) is 11.6. The van der Waals surface area contributed by atoms with Crippen LogP contribution in [0, 0.1) is 11.3 Å². The molecule has 1 aromatic rings. The van der Waals surface area contributed by atoms with Crippen LogP contribution in [0.15, 0.2) is 18.3 Å². The maximum absolute atomic E-state index is 8.83. The van der Waals surface area contributed by atoms with Crippen LogP contribution >= 0.6 is 0 Å². The first-order valence-corrected chi connectivity index (χ1v) is 5.51. The maximum atomic E-state index is 8.83. The minimum atomic E-state index is -0.0522. The Bertz CT molecular complexity index is 409. The van der Waals surface area contributed by atoms with Crippen LogP contribution in [-0.4, -0.2) is 23.6 Å². The van der Waals surface area contributed by atoms with Crippen LogP contribution in [0.4, 0.5) is 5.82 Å². The lowest BCUT2D eigenvalue weighted by Gasteiger charge is -2.37. The number of nitrogens with two attached hydrogens (primary N) is 1. The summed E-state index contributed by atoms with van der Waals surface area (Å²) in [6.45, 7) is 3.91. The normalized spacial score (nSPS) is 19.2. The maximum Gasteiger partial charge on any atom is 0.129 e. The number of pyridine rings is 1. The third-order valence-electron chi connectivity index (χ3n) is 3.10. The summed E-state index contributed by atoms with van der Waals surface area (Å²) in [5.41, 5.74) is 6.68. The number of hydrogen-bond donors (Lipinski definition) is 1. The van der Waals surface area contributed by atoms with E-state index in [0.717, 1.165) is 31.7 Å². The zero-order valence-corrected chi connectivity index (χ0v) is 9.48. The highest BCUT2D eigenvalue weighted by Gasteiger charge is 2.26. The van der Waals surface area contributed by atoms with Gasteiger partial charge in [0.1, 0.15) is 5.82 Å². The minimum Gasteiger partial charge on any atom is -0.356 e. The average molecular weight is 216 g/mol. The fourth-order valence-corrected chi connectivity index (χ4v) is 1.91. The van der Waals surface area contributed by atoms with E-state index < -0.39 is 0 Å². The van der Waals surface area contributed by atoms with E-state index in [9.17, 15) is 0 Å². The summed E-state index contributed by atoms with van der Waals surface area (Å²) in [4.78, 5) is 6.48. The van der Waals surface area contributed by atoms with Crippen molar-refractivity contribution in [3.8, 4) is 6.07 Å². The lowest BCUT2D eigenvalue weighted by Crippen LogP contribution is -2.48. The average Bonchev–Trinajstić information content (AvgIpc) is 2.29. The van der Waals surface area contributed by atoms with Gasteiger partial charge < -0.3 is 10.6 Å². The topological polar surface area (TPSA) is 65.9 Å². The van der Waals surface area contributed by atoms with Gasteiger partial charge in [-0.2, -0.15) is 5.26 Å². The van der Waals surface area contributed by atoms with Crippen LogP contribution in [-0.2, 0) is 0 Å². The molecule has 4 nitrogen and oxygen atoms in total. The molecule has 1 fully saturated rings. The molecule has 0 spiro atoms. The van der Waals surface area contributed by atoms with E-state index in [1.165, 1.54) is 0 Å². The Labute approximate surface area is 95.7 Å². The lowest BCUT2D eigenvalue weighted by atomic mass is 9.91. The lowest BCUT2D eigenvalue weighted by molar-refractivity contribution is 0.363. The molecule has 0 radical (unpaired) electrons.